The number of carbonyl (C=O) groups excluding carboxylic acids is 1. The van der Waals surface area contributed by atoms with Crippen LogP contribution in [0.5, 0.6) is 5.75 Å². The van der Waals surface area contributed by atoms with Gasteiger partial charge in [-0.1, -0.05) is 24.6 Å². The van der Waals surface area contributed by atoms with Gasteiger partial charge in [0.2, 0.25) is 0 Å². The summed E-state index contributed by atoms with van der Waals surface area (Å²) in [7, 11) is 1.74. The van der Waals surface area contributed by atoms with Crippen LogP contribution in [0.1, 0.15) is 56.1 Å². The van der Waals surface area contributed by atoms with E-state index in [1.807, 2.05) is 0 Å². The van der Waals surface area contributed by atoms with Crippen LogP contribution in [0, 0.1) is 11.3 Å². The first-order valence-electron chi connectivity index (χ1n) is 8.50. The Morgan fingerprint density at radius 3 is 2.91 bits per heavy atom. The molecular formula is C20H24O2. The van der Waals surface area contributed by atoms with E-state index in [-0.39, 0.29) is 5.41 Å². The summed E-state index contributed by atoms with van der Waals surface area (Å²) in [5.74, 6) is 2.68. The highest BCUT2D eigenvalue weighted by atomic mass is 16.5. The molecule has 0 amide bonds. The summed E-state index contributed by atoms with van der Waals surface area (Å²) in [5, 5.41) is 0. The van der Waals surface area contributed by atoms with Crippen LogP contribution in [0.25, 0.3) is 0 Å². The molecule has 1 aromatic rings. The molecule has 0 bridgehead atoms. The molecule has 0 heterocycles. The quantitative estimate of drug-likeness (QED) is 0.717. The minimum Gasteiger partial charge on any atom is -0.497 e. The van der Waals surface area contributed by atoms with Gasteiger partial charge in [-0.3, -0.25) is 4.79 Å². The van der Waals surface area contributed by atoms with E-state index in [4.69, 9.17) is 4.74 Å². The van der Waals surface area contributed by atoms with Crippen LogP contribution in [-0.4, -0.2) is 12.9 Å². The van der Waals surface area contributed by atoms with Crippen molar-refractivity contribution in [3.05, 3.63) is 41.0 Å². The van der Waals surface area contributed by atoms with Gasteiger partial charge in [-0.05, 0) is 66.2 Å². The van der Waals surface area contributed by atoms with Crippen LogP contribution >= 0.6 is 0 Å². The first kappa shape index (κ1) is 14.0. The molecule has 1 saturated carbocycles. The van der Waals surface area contributed by atoms with Crippen LogP contribution in [-0.2, 0) is 11.2 Å². The molecule has 0 N–H and O–H groups in total. The maximum Gasteiger partial charge on any atom is 0.137 e. The number of allylic oxidation sites excluding steroid dienone is 2. The third kappa shape index (κ3) is 2.04. The molecule has 2 nitrogen and oxygen atoms in total. The molecule has 1 aromatic carbocycles. The summed E-state index contributed by atoms with van der Waals surface area (Å²) < 4.78 is 5.38. The van der Waals surface area contributed by atoms with Gasteiger partial charge in [0, 0.05) is 12.8 Å². The molecule has 3 atom stereocenters. The Morgan fingerprint density at radius 1 is 1.23 bits per heavy atom. The number of fused-ring (bicyclic) bond motifs is 5. The van der Waals surface area contributed by atoms with Crippen molar-refractivity contribution in [1.82, 2.24) is 0 Å². The molecule has 116 valence electrons. The Kier molecular flexibility index (Phi) is 3.18. The summed E-state index contributed by atoms with van der Waals surface area (Å²) in [5.41, 5.74) is 4.72. The number of Topliss-reactive ketones (excluding diaryl/α,β-unsaturated/α-hetero) is 1. The van der Waals surface area contributed by atoms with Crippen LogP contribution in [0.15, 0.2) is 29.8 Å². The van der Waals surface area contributed by atoms with Crippen LogP contribution in [0.3, 0.4) is 0 Å². The maximum atomic E-state index is 11.9. The Morgan fingerprint density at radius 2 is 2.09 bits per heavy atom. The standard InChI is InChI=1S/C20H24O2/c1-20-10-9-17-16-7-5-15(22-2)11-13(16)3-6-18(17)19(20)8-4-14(21)12-20/h5,7-8,11,17-18H,3-4,6,9-10,12H2,1-2H3. The lowest BCUT2D eigenvalue weighted by atomic mass is 9.55. The van der Waals surface area contributed by atoms with Crippen molar-refractivity contribution in [2.45, 2.75) is 51.4 Å². The normalized spacial score (nSPS) is 33.4. The second-order valence-corrected chi connectivity index (χ2v) is 7.49. The topological polar surface area (TPSA) is 26.3 Å². The van der Waals surface area contributed by atoms with E-state index in [2.05, 4.69) is 31.2 Å². The summed E-state index contributed by atoms with van der Waals surface area (Å²) in [4.78, 5) is 11.9. The first-order valence-corrected chi connectivity index (χ1v) is 8.50. The molecule has 0 spiro atoms. The average molecular weight is 296 g/mol. The van der Waals surface area contributed by atoms with Crippen LogP contribution < -0.4 is 4.74 Å². The lowest BCUT2D eigenvalue weighted by molar-refractivity contribution is -0.121. The van der Waals surface area contributed by atoms with E-state index in [0.717, 1.165) is 25.0 Å². The highest BCUT2D eigenvalue weighted by Crippen LogP contribution is 2.57. The molecule has 0 aliphatic heterocycles. The van der Waals surface area contributed by atoms with Gasteiger partial charge < -0.3 is 4.74 Å². The Bertz CT molecular complexity index is 658. The zero-order chi connectivity index (χ0) is 15.3. The molecule has 4 rings (SSSR count). The van der Waals surface area contributed by atoms with Gasteiger partial charge in [0.1, 0.15) is 11.5 Å². The second kappa shape index (κ2) is 4.97. The number of rotatable bonds is 1. The van der Waals surface area contributed by atoms with Gasteiger partial charge in [-0.15, -0.1) is 0 Å². The summed E-state index contributed by atoms with van der Waals surface area (Å²) in [6.07, 6.45) is 8.41. The van der Waals surface area contributed by atoms with Crippen molar-refractivity contribution < 1.29 is 9.53 Å². The number of ketones is 1. The van der Waals surface area contributed by atoms with E-state index in [1.165, 1.54) is 24.0 Å². The van der Waals surface area contributed by atoms with Crippen molar-refractivity contribution in [3.8, 4) is 5.75 Å². The van der Waals surface area contributed by atoms with Gasteiger partial charge in [0.25, 0.3) is 0 Å². The molecule has 3 aliphatic carbocycles. The Labute approximate surface area is 132 Å². The SMILES string of the molecule is COc1ccc2c(c1)CCC1C3=CCC(=O)CC3(C)CCC21. The average Bonchev–Trinajstić information content (AvgIpc) is 2.52. The second-order valence-electron chi connectivity index (χ2n) is 7.49. The van der Waals surface area contributed by atoms with E-state index in [0.29, 0.717) is 24.0 Å². The first-order chi connectivity index (χ1) is 10.6. The third-order valence-electron chi connectivity index (χ3n) is 6.20. The van der Waals surface area contributed by atoms with Crippen molar-refractivity contribution in [1.29, 1.82) is 0 Å². The molecule has 0 saturated heterocycles. The van der Waals surface area contributed by atoms with Gasteiger partial charge in [0.05, 0.1) is 7.11 Å². The lowest BCUT2D eigenvalue weighted by Gasteiger charge is -2.49. The van der Waals surface area contributed by atoms with Gasteiger partial charge in [-0.25, -0.2) is 0 Å². The predicted octanol–water partition coefficient (Wildman–Crippen LogP) is 4.43. The summed E-state index contributed by atoms with van der Waals surface area (Å²) in [6, 6.07) is 6.61. The van der Waals surface area contributed by atoms with E-state index in [1.54, 1.807) is 12.7 Å². The molecule has 2 heteroatoms. The maximum absolute atomic E-state index is 11.9. The molecule has 3 unspecified atom stereocenters. The van der Waals surface area contributed by atoms with E-state index < -0.39 is 0 Å². The molecule has 3 aliphatic rings. The van der Waals surface area contributed by atoms with Crippen LogP contribution in [0.2, 0.25) is 0 Å². The highest BCUT2D eigenvalue weighted by molar-refractivity contribution is 5.82. The number of carbonyl (C=O) groups is 1. The predicted molar refractivity (Wildman–Crippen MR) is 87.2 cm³/mol. The summed E-state index contributed by atoms with van der Waals surface area (Å²) >= 11 is 0. The molecular weight excluding hydrogens is 272 g/mol. The number of hydrogen-bond acceptors (Lipinski definition) is 2. The van der Waals surface area contributed by atoms with Crippen molar-refractivity contribution in [3.63, 3.8) is 0 Å². The largest absolute Gasteiger partial charge is 0.497 e. The smallest absolute Gasteiger partial charge is 0.137 e. The van der Waals surface area contributed by atoms with Crippen molar-refractivity contribution >= 4 is 5.78 Å². The molecule has 0 radical (unpaired) electrons. The fraction of sp³-hybridized carbons (Fsp3) is 0.550. The van der Waals surface area contributed by atoms with Gasteiger partial charge >= 0.3 is 0 Å². The fourth-order valence-electron chi connectivity index (χ4n) is 5.13. The summed E-state index contributed by atoms with van der Waals surface area (Å²) in [6.45, 7) is 2.32. The molecule has 22 heavy (non-hydrogen) atoms. The Hall–Kier alpha value is -1.57. The molecule has 1 fully saturated rings. The number of aryl methyl sites for hydroxylation is 1. The third-order valence-corrected chi connectivity index (χ3v) is 6.20. The minimum atomic E-state index is 0.139. The van der Waals surface area contributed by atoms with Crippen molar-refractivity contribution in [2.75, 3.05) is 7.11 Å². The fourth-order valence-corrected chi connectivity index (χ4v) is 5.13. The van der Waals surface area contributed by atoms with Crippen molar-refractivity contribution in [2.24, 2.45) is 11.3 Å². The zero-order valence-corrected chi connectivity index (χ0v) is 13.5. The van der Waals surface area contributed by atoms with Gasteiger partial charge in [0.15, 0.2) is 0 Å². The lowest BCUT2D eigenvalue weighted by Crippen LogP contribution is -2.39. The monoisotopic (exact) mass is 296 g/mol. The number of ether oxygens (including phenoxy) is 1. The van der Waals surface area contributed by atoms with E-state index in [9.17, 15) is 4.79 Å². The van der Waals surface area contributed by atoms with E-state index >= 15 is 0 Å². The number of methoxy groups -OCH3 is 1. The zero-order valence-electron chi connectivity index (χ0n) is 13.5. The molecule has 0 aromatic heterocycles. The number of hydrogen-bond donors (Lipinski definition) is 0. The van der Waals surface area contributed by atoms with Gasteiger partial charge in [-0.2, -0.15) is 0 Å². The number of benzene rings is 1. The minimum absolute atomic E-state index is 0.139. The highest BCUT2D eigenvalue weighted by Gasteiger charge is 2.46. The Balaban J connectivity index is 1.72. The van der Waals surface area contributed by atoms with Crippen LogP contribution in [0.4, 0.5) is 0 Å².